The van der Waals surface area contributed by atoms with Crippen LogP contribution in [0.1, 0.15) is 26.7 Å². The average molecular weight is 348 g/mol. The molecule has 1 aromatic carbocycles. The molecule has 1 saturated carbocycles. The SMILES string of the molecule is CCC1(C)C(Br)CC1Oc1ccccc1Br. The van der Waals surface area contributed by atoms with E-state index < -0.39 is 0 Å². The van der Waals surface area contributed by atoms with Crippen LogP contribution >= 0.6 is 31.9 Å². The van der Waals surface area contributed by atoms with Gasteiger partial charge < -0.3 is 4.74 Å². The van der Waals surface area contributed by atoms with Gasteiger partial charge >= 0.3 is 0 Å². The standard InChI is InChI=1S/C13H16Br2O/c1-3-13(2)11(15)8-12(13)16-10-7-5-4-6-9(10)14/h4-7,11-12H,3,8H2,1-2H3. The molecule has 0 radical (unpaired) electrons. The fourth-order valence-electron chi connectivity index (χ4n) is 2.09. The van der Waals surface area contributed by atoms with E-state index in [1.807, 2.05) is 24.3 Å². The Morgan fingerprint density at radius 1 is 1.44 bits per heavy atom. The number of rotatable bonds is 3. The van der Waals surface area contributed by atoms with Gasteiger partial charge in [-0.3, -0.25) is 0 Å². The first-order chi connectivity index (χ1) is 7.58. The predicted octanol–water partition coefficient (Wildman–Crippen LogP) is 4.78. The van der Waals surface area contributed by atoms with Crippen LogP contribution in [0.4, 0.5) is 0 Å². The molecule has 1 aromatic rings. The van der Waals surface area contributed by atoms with Crippen LogP contribution in [0.25, 0.3) is 0 Å². The highest BCUT2D eigenvalue weighted by molar-refractivity contribution is 9.10. The monoisotopic (exact) mass is 346 g/mol. The minimum atomic E-state index is 0.259. The molecule has 0 heterocycles. The molecule has 1 aliphatic rings. The lowest BCUT2D eigenvalue weighted by atomic mass is 9.65. The van der Waals surface area contributed by atoms with Gasteiger partial charge in [-0.2, -0.15) is 0 Å². The van der Waals surface area contributed by atoms with Gasteiger partial charge in [-0.25, -0.2) is 0 Å². The summed E-state index contributed by atoms with van der Waals surface area (Å²) < 4.78 is 7.11. The molecule has 0 saturated heterocycles. The largest absolute Gasteiger partial charge is 0.489 e. The summed E-state index contributed by atoms with van der Waals surface area (Å²) in [6, 6.07) is 8.04. The quantitative estimate of drug-likeness (QED) is 0.715. The molecule has 0 spiro atoms. The summed E-state index contributed by atoms with van der Waals surface area (Å²) in [5, 5.41) is 0. The zero-order valence-electron chi connectivity index (χ0n) is 9.54. The molecule has 1 nitrogen and oxygen atoms in total. The average Bonchev–Trinajstić information content (AvgIpc) is 2.30. The van der Waals surface area contributed by atoms with Crippen LogP contribution in [0.15, 0.2) is 28.7 Å². The Balaban J connectivity index is 2.10. The zero-order valence-corrected chi connectivity index (χ0v) is 12.7. The minimum absolute atomic E-state index is 0.259. The summed E-state index contributed by atoms with van der Waals surface area (Å²) in [5.41, 5.74) is 0.259. The number of ether oxygens (including phenoxy) is 1. The van der Waals surface area contributed by atoms with Gasteiger partial charge in [0.05, 0.1) is 4.47 Å². The van der Waals surface area contributed by atoms with E-state index in [4.69, 9.17) is 4.74 Å². The number of para-hydroxylation sites is 1. The van der Waals surface area contributed by atoms with Crippen molar-refractivity contribution < 1.29 is 4.74 Å². The smallest absolute Gasteiger partial charge is 0.133 e. The molecule has 3 heteroatoms. The molecule has 88 valence electrons. The number of benzene rings is 1. The summed E-state index contributed by atoms with van der Waals surface area (Å²) in [7, 11) is 0. The first kappa shape index (κ1) is 12.4. The Kier molecular flexibility index (Phi) is 3.65. The van der Waals surface area contributed by atoms with E-state index in [9.17, 15) is 0 Å². The maximum absolute atomic E-state index is 6.08. The molecule has 2 rings (SSSR count). The van der Waals surface area contributed by atoms with E-state index in [1.54, 1.807) is 0 Å². The highest BCUT2D eigenvalue weighted by Gasteiger charge is 2.50. The van der Waals surface area contributed by atoms with E-state index in [0.29, 0.717) is 10.9 Å². The number of halogens is 2. The third-order valence-corrected chi connectivity index (χ3v) is 5.81. The van der Waals surface area contributed by atoms with Crippen molar-refractivity contribution >= 4 is 31.9 Å². The normalized spacial score (nSPS) is 33.2. The predicted molar refractivity (Wildman–Crippen MR) is 74.3 cm³/mol. The van der Waals surface area contributed by atoms with Crippen molar-refractivity contribution in [1.82, 2.24) is 0 Å². The highest BCUT2D eigenvalue weighted by Crippen LogP contribution is 2.50. The third kappa shape index (κ3) is 2.04. The lowest BCUT2D eigenvalue weighted by Gasteiger charge is -2.50. The van der Waals surface area contributed by atoms with Crippen LogP contribution in [0.3, 0.4) is 0 Å². The minimum Gasteiger partial charge on any atom is -0.489 e. The molecule has 1 aliphatic carbocycles. The molecule has 0 amide bonds. The van der Waals surface area contributed by atoms with Gasteiger partial charge in [0.1, 0.15) is 11.9 Å². The number of alkyl halides is 1. The molecular formula is C13H16Br2O. The Labute approximate surface area is 114 Å². The lowest BCUT2D eigenvalue weighted by Crippen LogP contribution is -2.54. The molecule has 1 fully saturated rings. The van der Waals surface area contributed by atoms with Crippen molar-refractivity contribution in [3.8, 4) is 5.75 Å². The molecular weight excluding hydrogens is 332 g/mol. The van der Waals surface area contributed by atoms with Gasteiger partial charge in [0, 0.05) is 10.2 Å². The van der Waals surface area contributed by atoms with Crippen LogP contribution in [0.5, 0.6) is 5.75 Å². The Hall–Kier alpha value is -0.0200. The lowest BCUT2D eigenvalue weighted by molar-refractivity contribution is -0.0247. The van der Waals surface area contributed by atoms with Gasteiger partial charge in [-0.15, -0.1) is 0 Å². The topological polar surface area (TPSA) is 9.23 Å². The maximum atomic E-state index is 6.08. The highest BCUT2D eigenvalue weighted by atomic mass is 79.9. The first-order valence-corrected chi connectivity index (χ1v) is 7.34. The van der Waals surface area contributed by atoms with Gasteiger partial charge in [-0.05, 0) is 40.9 Å². The second kappa shape index (κ2) is 4.69. The summed E-state index contributed by atoms with van der Waals surface area (Å²) in [6.45, 7) is 4.52. The van der Waals surface area contributed by atoms with Crippen LogP contribution in [0, 0.1) is 5.41 Å². The second-order valence-corrected chi connectivity index (χ2v) is 6.56. The van der Waals surface area contributed by atoms with Gasteiger partial charge in [0.15, 0.2) is 0 Å². The van der Waals surface area contributed by atoms with Crippen LogP contribution in [-0.4, -0.2) is 10.9 Å². The van der Waals surface area contributed by atoms with Crippen molar-refractivity contribution in [1.29, 1.82) is 0 Å². The second-order valence-electron chi connectivity index (χ2n) is 4.60. The van der Waals surface area contributed by atoms with E-state index in [1.165, 1.54) is 0 Å². The molecule has 0 N–H and O–H groups in total. The van der Waals surface area contributed by atoms with E-state index >= 15 is 0 Å². The fourth-order valence-corrected chi connectivity index (χ4v) is 3.43. The molecule has 0 bridgehead atoms. The van der Waals surface area contributed by atoms with Gasteiger partial charge in [0.25, 0.3) is 0 Å². The van der Waals surface area contributed by atoms with Gasteiger partial charge in [-0.1, -0.05) is 41.9 Å². The molecule has 16 heavy (non-hydrogen) atoms. The number of hydrogen-bond acceptors (Lipinski definition) is 1. The van der Waals surface area contributed by atoms with Crippen LogP contribution in [0.2, 0.25) is 0 Å². The van der Waals surface area contributed by atoms with Crippen molar-refractivity contribution in [2.45, 2.75) is 37.6 Å². The van der Waals surface area contributed by atoms with E-state index in [2.05, 4.69) is 45.7 Å². The van der Waals surface area contributed by atoms with E-state index in [-0.39, 0.29) is 5.41 Å². The molecule has 3 atom stereocenters. The van der Waals surface area contributed by atoms with Crippen LogP contribution in [-0.2, 0) is 0 Å². The molecule has 0 aromatic heterocycles. The molecule has 0 aliphatic heterocycles. The van der Waals surface area contributed by atoms with Crippen molar-refractivity contribution in [2.75, 3.05) is 0 Å². The van der Waals surface area contributed by atoms with E-state index in [0.717, 1.165) is 23.1 Å². The fraction of sp³-hybridized carbons (Fsp3) is 0.538. The Morgan fingerprint density at radius 2 is 2.12 bits per heavy atom. The number of hydrogen-bond donors (Lipinski definition) is 0. The Morgan fingerprint density at radius 3 is 2.69 bits per heavy atom. The van der Waals surface area contributed by atoms with Crippen LogP contribution < -0.4 is 4.74 Å². The maximum Gasteiger partial charge on any atom is 0.133 e. The van der Waals surface area contributed by atoms with Crippen molar-refractivity contribution in [2.24, 2.45) is 5.41 Å². The summed E-state index contributed by atoms with van der Waals surface area (Å²) >= 11 is 7.24. The third-order valence-electron chi connectivity index (χ3n) is 3.74. The summed E-state index contributed by atoms with van der Waals surface area (Å²) in [6.07, 6.45) is 2.55. The Bertz CT molecular complexity index is 380. The zero-order chi connectivity index (χ0) is 11.8. The van der Waals surface area contributed by atoms with Crippen molar-refractivity contribution in [3.05, 3.63) is 28.7 Å². The summed E-state index contributed by atoms with van der Waals surface area (Å²) in [4.78, 5) is 0.581. The first-order valence-electron chi connectivity index (χ1n) is 5.63. The van der Waals surface area contributed by atoms with Gasteiger partial charge in [0.2, 0.25) is 0 Å². The summed E-state index contributed by atoms with van der Waals surface area (Å²) in [5.74, 6) is 0.951. The van der Waals surface area contributed by atoms with Crippen molar-refractivity contribution in [3.63, 3.8) is 0 Å². The molecule has 3 unspecified atom stereocenters.